The summed E-state index contributed by atoms with van der Waals surface area (Å²) < 4.78 is 0. The van der Waals surface area contributed by atoms with Crippen molar-refractivity contribution >= 4 is 13.2 Å². The molecule has 0 bridgehead atoms. The molecule has 0 heteroatoms. The van der Waals surface area contributed by atoms with E-state index in [1.165, 1.54) is 5.56 Å². The SMILES string of the molecule is C.C=c1ccc(C(C)(C)C)cc1=C. The molecule has 1 aromatic carbocycles. The van der Waals surface area contributed by atoms with Gasteiger partial charge in [0.05, 0.1) is 0 Å². The molecule has 0 nitrogen and oxygen atoms in total. The highest BCUT2D eigenvalue weighted by Crippen LogP contribution is 2.19. The van der Waals surface area contributed by atoms with Gasteiger partial charge in [-0.25, -0.2) is 0 Å². The molecule has 0 aliphatic carbocycles. The fourth-order valence-electron chi connectivity index (χ4n) is 1.09. The fourth-order valence-corrected chi connectivity index (χ4v) is 1.09. The molecule has 0 saturated heterocycles. The van der Waals surface area contributed by atoms with E-state index in [9.17, 15) is 0 Å². The zero-order chi connectivity index (χ0) is 9.35. The van der Waals surface area contributed by atoms with Crippen LogP contribution in [0.15, 0.2) is 18.2 Å². The van der Waals surface area contributed by atoms with Crippen molar-refractivity contribution in [1.29, 1.82) is 0 Å². The van der Waals surface area contributed by atoms with E-state index in [1.807, 2.05) is 6.07 Å². The molecule has 0 heterocycles. The van der Waals surface area contributed by atoms with Crippen molar-refractivity contribution in [2.75, 3.05) is 0 Å². The van der Waals surface area contributed by atoms with E-state index >= 15 is 0 Å². The van der Waals surface area contributed by atoms with Crippen molar-refractivity contribution in [2.45, 2.75) is 33.6 Å². The lowest BCUT2D eigenvalue weighted by Crippen LogP contribution is -2.24. The van der Waals surface area contributed by atoms with Gasteiger partial charge in [0.1, 0.15) is 0 Å². The lowest BCUT2D eigenvalue weighted by atomic mass is 9.87. The first-order chi connectivity index (χ1) is 5.41. The molecule has 0 aromatic heterocycles. The quantitative estimate of drug-likeness (QED) is 0.569. The van der Waals surface area contributed by atoms with Gasteiger partial charge in [0.25, 0.3) is 0 Å². The third-order valence-corrected chi connectivity index (χ3v) is 2.07. The number of hydrogen-bond acceptors (Lipinski definition) is 0. The Balaban J connectivity index is 0.00000144. The van der Waals surface area contributed by atoms with Gasteiger partial charge in [0, 0.05) is 0 Å². The minimum absolute atomic E-state index is 0. The van der Waals surface area contributed by atoms with Gasteiger partial charge in [-0.15, -0.1) is 0 Å². The maximum absolute atomic E-state index is 3.93. The molecule has 0 N–H and O–H groups in total. The Morgan fingerprint density at radius 2 is 1.54 bits per heavy atom. The molecule has 0 fully saturated rings. The largest absolute Gasteiger partial charge is 0.0912 e. The summed E-state index contributed by atoms with van der Waals surface area (Å²) in [4.78, 5) is 0. The molecule has 13 heavy (non-hydrogen) atoms. The molecule has 1 aromatic rings. The van der Waals surface area contributed by atoms with Crippen LogP contribution in [0.5, 0.6) is 0 Å². The van der Waals surface area contributed by atoms with Crippen LogP contribution in [0.1, 0.15) is 33.8 Å². The minimum atomic E-state index is 0. The molecular formula is C13H20. The Morgan fingerprint density at radius 3 is 1.92 bits per heavy atom. The molecule has 72 valence electrons. The zero-order valence-electron chi connectivity index (χ0n) is 8.15. The fraction of sp³-hybridized carbons (Fsp3) is 0.385. The van der Waals surface area contributed by atoms with E-state index in [-0.39, 0.29) is 12.8 Å². The number of hydrogen-bond donors (Lipinski definition) is 0. The van der Waals surface area contributed by atoms with Gasteiger partial charge in [0.15, 0.2) is 0 Å². The van der Waals surface area contributed by atoms with E-state index in [4.69, 9.17) is 0 Å². The van der Waals surface area contributed by atoms with Crippen LogP contribution in [0.2, 0.25) is 0 Å². The second-order valence-electron chi connectivity index (χ2n) is 4.23. The average molecular weight is 176 g/mol. The molecule has 0 radical (unpaired) electrons. The van der Waals surface area contributed by atoms with Crippen LogP contribution in [0.3, 0.4) is 0 Å². The highest BCUT2D eigenvalue weighted by atomic mass is 14.2. The maximum Gasteiger partial charge on any atom is -0.0132 e. The van der Waals surface area contributed by atoms with Gasteiger partial charge in [-0.2, -0.15) is 0 Å². The third kappa shape index (κ3) is 2.73. The van der Waals surface area contributed by atoms with E-state index in [0.29, 0.717) is 0 Å². The van der Waals surface area contributed by atoms with Crippen LogP contribution in [0.25, 0.3) is 13.2 Å². The summed E-state index contributed by atoms with van der Waals surface area (Å²) in [5, 5.41) is 2.05. The van der Waals surface area contributed by atoms with Gasteiger partial charge in [-0.3, -0.25) is 0 Å². The second kappa shape index (κ2) is 3.78. The normalized spacial score (nSPS) is 10.7. The van der Waals surface area contributed by atoms with E-state index < -0.39 is 0 Å². The Kier molecular flexibility index (Phi) is 3.48. The van der Waals surface area contributed by atoms with Gasteiger partial charge >= 0.3 is 0 Å². The molecule has 0 saturated carbocycles. The lowest BCUT2D eigenvalue weighted by Gasteiger charge is -2.18. The van der Waals surface area contributed by atoms with E-state index in [2.05, 4.69) is 46.1 Å². The zero-order valence-corrected chi connectivity index (χ0v) is 8.15. The highest BCUT2D eigenvalue weighted by molar-refractivity contribution is 5.27. The monoisotopic (exact) mass is 176 g/mol. The molecule has 0 aliphatic rings. The minimum Gasteiger partial charge on any atom is -0.0912 e. The first-order valence-electron chi connectivity index (χ1n) is 4.20. The third-order valence-electron chi connectivity index (χ3n) is 2.07. The summed E-state index contributed by atoms with van der Waals surface area (Å²) in [6, 6.07) is 6.27. The van der Waals surface area contributed by atoms with Gasteiger partial charge in [-0.1, -0.05) is 59.6 Å². The lowest BCUT2D eigenvalue weighted by molar-refractivity contribution is 0.589. The number of benzene rings is 1. The first-order valence-corrected chi connectivity index (χ1v) is 4.20. The van der Waals surface area contributed by atoms with Crippen LogP contribution in [-0.4, -0.2) is 0 Å². The smallest absolute Gasteiger partial charge is 0.0132 e. The summed E-state index contributed by atoms with van der Waals surface area (Å²) >= 11 is 0. The Hall–Kier alpha value is -1.04. The van der Waals surface area contributed by atoms with Crippen molar-refractivity contribution in [2.24, 2.45) is 0 Å². The standard InChI is InChI=1S/C12H16.CH4/c1-9-6-7-11(8-10(9)2)12(3,4)5;/h6-8H,1-2H2,3-5H3;1H4. The summed E-state index contributed by atoms with van der Waals surface area (Å²) in [6.07, 6.45) is 0. The van der Waals surface area contributed by atoms with Crippen LogP contribution < -0.4 is 10.4 Å². The van der Waals surface area contributed by atoms with Crippen molar-refractivity contribution in [3.63, 3.8) is 0 Å². The van der Waals surface area contributed by atoms with Crippen molar-refractivity contribution < 1.29 is 0 Å². The van der Waals surface area contributed by atoms with Crippen LogP contribution in [0.4, 0.5) is 0 Å². The topological polar surface area (TPSA) is 0 Å². The highest BCUT2D eigenvalue weighted by Gasteiger charge is 2.12. The predicted octanol–water partition coefficient (Wildman–Crippen LogP) is 2.44. The maximum atomic E-state index is 3.93. The number of rotatable bonds is 0. The Morgan fingerprint density at radius 1 is 1.00 bits per heavy atom. The molecule has 0 unspecified atom stereocenters. The van der Waals surface area contributed by atoms with E-state index in [0.717, 1.165) is 10.4 Å². The summed E-state index contributed by atoms with van der Waals surface area (Å²) in [5.41, 5.74) is 1.53. The molecule has 0 spiro atoms. The van der Waals surface area contributed by atoms with E-state index in [1.54, 1.807) is 0 Å². The summed E-state index contributed by atoms with van der Waals surface area (Å²) in [5.74, 6) is 0. The average Bonchev–Trinajstić information content (AvgIpc) is 1.92. The van der Waals surface area contributed by atoms with Crippen molar-refractivity contribution in [3.8, 4) is 0 Å². The Bertz CT molecular complexity index is 366. The summed E-state index contributed by atoms with van der Waals surface area (Å²) in [6.45, 7) is 14.4. The van der Waals surface area contributed by atoms with Crippen LogP contribution >= 0.6 is 0 Å². The van der Waals surface area contributed by atoms with Gasteiger partial charge in [-0.05, 0) is 21.4 Å². The van der Waals surface area contributed by atoms with Gasteiger partial charge in [0.2, 0.25) is 0 Å². The van der Waals surface area contributed by atoms with Gasteiger partial charge < -0.3 is 0 Å². The molecule has 0 amide bonds. The molecule has 0 aliphatic heterocycles. The second-order valence-corrected chi connectivity index (χ2v) is 4.23. The molecular weight excluding hydrogens is 156 g/mol. The first kappa shape index (κ1) is 12.0. The van der Waals surface area contributed by atoms with Crippen LogP contribution in [0, 0.1) is 0 Å². The predicted molar refractivity (Wildman–Crippen MR) is 62.2 cm³/mol. The molecule has 0 atom stereocenters. The molecule has 1 rings (SSSR count). The van der Waals surface area contributed by atoms with Crippen LogP contribution in [-0.2, 0) is 5.41 Å². The van der Waals surface area contributed by atoms with Crippen molar-refractivity contribution in [1.82, 2.24) is 0 Å². The van der Waals surface area contributed by atoms with Crippen molar-refractivity contribution in [3.05, 3.63) is 34.2 Å². The summed E-state index contributed by atoms with van der Waals surface area (Å²) in [7, 11) is 0. The Labute approximate surface area is 81.6 Å².